The average molecular weight is 280 g/mol. The van der Waals surface area contributed by atoms with E-state index in [2.05, 4.69) is 18.8 Å². The number of esters is 1. The van der Waals surface area contributed by atoms with Crippen molar-refractivity contribution in [3.05, 3.63) is 36.5 Å². The Balaban J connectivity index is 4.14. The highest BCUT2D eigenvalue weighted by molar-refractivity contribution is 5.91. The molecular weight excluding hydrogens is 252 g/mol. The first-order valence-electron chi connectivity index (χ1n) is 7.13. The van der Waals surface area contributed by atoms with Crippen LogP contribution < -0.4 is 5.32 Å². The fourth-order valence-corrected chi connectivity index (χ4v) is 1.40. The Morgan fingerprint density at radius 3 is 2.75 bits per heavy atom. The predicted octanol–water partition coefficient (Wildman–Crippen LogP) is 2.15. The normalized spacial score (nSPS) is 12.1. The van der Waals surface area contributed by atoms with Gasteiger partial charge >= 0.3 is 5.97 Å². The monoisotopic (exact) mass is 280 g/mol. The highest BCUT2D eigenvalue weighted by atomic mass is 16.5. The second-order valence-electron chi connectivity index (χ2n) is 4.76. The van der Waals surface area contributed by atoms with E-state index >= 15 is 0 Å². The van der Waals surface area contributed by atoms with Crippen molar-refractivity contribution in [2.75, 3.05) is 40.3 Å². The summed E-state index contributed by atoms with van der Waals surface area (Å²) in [5, 5.41) is 3.28. The summed E-state index contributed by atoms with van der Waals surface area (Å²) in [4.78, 5) is 13.8. The van der Waals surface area contributed by atoms with Gasteiger partial charge in [0, 0.05) is 13.1 Å². The van der Waals surface area contributed by atoms with E-state index in [1.807, 2.05) is 25.1 Å². The van der Waals surface area contributed by atoms with Gasteiger partial charge in [0.1, 0.15) is 6.61 Å². The van der Waals surface area contributed by atoms with Crippen molar-refractivity contribution in [3.63, 3.8) is 0 Å². The molecule has 0 aromatic carbocycles. The van der Waals surface area contributed by atoms with Gasteiger partial charge in [0.05, 0.1) is 5.57 Å². The predicted molar refractivity (Wildman–Crippen MR) is 84.7 cm³/mol. The van der Waals surface area contributed by atoms with Crippen LogP contribution in [0.4, 0.5) is 0 Å². The zero-order chi connectivity index (χ0) is 15.2. The number of carbonyl (C=O) groups excluding carboxylic acids is 1. The number of hydrogen-bond acceptors (Lipinski definition) is 4. The van der Waals surface area contributed by atoms with E-state index in [0.29, 0.717) is 12.2 Å². The summed E-state index contributed by atoms with van der Waals surface area (Å²) < 4.78 is 5.19. The molecule has 0 heterocycles. The molecule has 0 amide bonds. The number of carbonyl (C=O) groups is 1. The third-order valence-electron chi connectivity index (χ3n) is 2.57. The number of nitrogens with zero attached hydrogens (tertiary/aromatic N) is 1. The summed E-state index contributed by atoms with van der Waals surface area (Å²) in [6.45, 7) is 8.63. The Morgan fingerprint density at radius 1 is 1.40 bits per heavy atom. The van der Waals surface area contributed by atoms with E-state index in [4.69, 9.17) is 4.74 Å². The van der Waals surface area contributed by atoms with E-state index < -0.39 is 0 Å². The summed E-state index contributed by atoms with van der Waals surface area (Å²) in [5.74, 6) is -0.309. The van der Waals surface area contributed by atoms with Gasteiger partial charge in [-0.1, -0.05) is 38.2 Å². The molecular formula is C16H28N2O2. The Kier molecular flexibility index (Phi) is 11.8. The van der Waals surface area contributed by atoms with Gasteiger partial charge in [-0.3, -0.25) is 0 Å². The summed E-state index contributed by atoms with van der Waals surface area (Å²) in [7, 11) is 3.88. The summed E-state index contributed by atoms with van der Waals surface area (Å²) >= 11 is 0. The van der Waals surface area contributed by atoms with Crippen LogP contribution in [0.3, 0.4) is 0 Å². The van der Waals surface area contributed by atoms with Crippen molar-refractivity contribution in [1.82, 2.24) is 10.2 Å². The molecule has 0 rings (SSSR count). The molecule has 4 heteroatoms. The van der Waals surface area contributed by atoms with Crippen LogP contribution >= 0.6 is 0 Å². The van der Waals surface area contributed by atoms with Crippen LogP contribution in [0.2, 0.25) is 0 Å². The van der Waals surface area contributed by atoms with Crippen molar-refractivity contribution >= 4 is 5.97 Å². The molecule has 0 aromatic heterocycles. The van der Waals surface area contributed by atoms with Crippen LogP contribution in [-0.4, -0.2) is 51.2 Å². The number of allylic oxidation sites excluding steroid dienone is 2. The molecule has 4 nitrogen and oxygen atoms in total. The lowest BCUT2D eigenvalue weighted by Crippen LogP contribution is -2.20. The molecule has 0 atom stereocenters. The SMILES string of the molecule is C=C/C=C(\C=C/CNCCCC)C(=O)OCCN(C)C. The van der Waals surface area contributed by atoms with Gasteiger partial charge in [-0.05, 0) is 33.1 Å². The zero-order valence-electron chi connectivity index (χ0n) is 13.0. The minimum atomic E-state index is -0.309. The summed E-state index contributed by atoms with van der Waals surface area (Å²) in [5.41, 5.74) is 0.524. The molecule has 0 radical (unpaired) electrons. The molecule has 0 saturated carbocycles. The van der Waals surface area contributed by atoms with Crippen molar-refractivity contribution in [3.8, 4) is 0 Å². The molecule has 0 bridgehead atoms. The maximum absolute atomic E-state index is 11.9. The van der Waals surface area contributed by atoms with Crippen molar-refractivity contribution in [2.45, 2.75) is 19.8 Å². The topological polar surface area (TPSA) is 41.6 Å². The van der Waals surface area contributed by atoms with Crippen molar-refractivity contribution < 1.29 is 9.53 Å². The number of ether oxygens (including phenoxy) is 1. The first-order valence-corrected chi connectivity index (χ1v) is 7.13. The fourth-order valence-electron chi connectivity index (χ4n) is 1.40. The van der Waals surface area contributed by atoms with E-state index in [1.54, 1.807) is 18.2 Å². The summed E-state index contributed by atoms with van der Waals surface area (Å²) in [6, 6.07) is 0. The molecule has 0 spiro atoms. The maximum atomic E-state index is 11.9. The van der Waals surface area contributed by atoms with Crippen LogP contribution in [0, 0.1) is 0 Å². The second-order valence-corrected chi connectivity index (χ2v) is 4.76. The fraction of sp³-hybridized carbons (Fsp3) is 0.562. The molecule has 20 heavy (non-hydrogen) atoms. The van der Waals surface area contributed by atoms with E-state index in [0.717, 1.165) is 26.1 Å². The molecule has 0 aliphatic rings. The zero-order valence-corrected chi connectivity index (χ0v) is 13.0. The quantitative estimate of drug-likeness (QED) is 0.272. The lowest BCUT2D eigenvalue weighted by atomic mass is 10.2. The van der Waals surface area contributed by atoms with E-state index in [9.17, 15) is 4.79 Å². The Bertz CT molecular complexity index is 333. The Morgan fingerprint density at radius 2 is 2.15 bits per heavy atom. The molecule has 0 aromatic rings. The van der Waals surface area contributed by atoms with Gasteiger partial charge in [-0.2, -0.15) is 0 Å². The third-order valence-corrected chi connectivity index (χ3v) is 2.57. The Labute approximate surface area is 123 Å². The van der Waals surface area contributed by atoms with Crippen molar-refractivity contribution in [1.29, 1.82) is 0 Å². The standard InChI is InChI=1S/C16H28N2O2/c1-5-7-11-17-12-8-10-15(9-6-2)16(19)20-14-13-18(3)4/h6,8-10,17H,2,5,7,11-14H2,1,3-4H3/b10-8-,15-9+. The average Bonchev–Trinajstić information content (AvgIpc) is 2.40. The number of rotatable bonds is 11. The molecule has 0 aliphatic heterocycles. The van der Waals surface area contributed by atoms with Crippen LogP contribution in [-0.2, 0) is 9.53 Å². The van der Waals surface area contributed by atoms with Gasteiger partial charge in [0.15, 0.2) is 0 Å². The largest absolute Gasteiger partial charge is 0.461 e. The molecule has 0 fully saturated rings. The van der Waals surface area contributed by atoms with Crippen LogP contribution in [0.1, 0.15) is 19.8 Å². The Hall–Kier alpha value is -1.39. The van der Waals surface area contributed by atoms with E-state index in [1.165, 1.54) is 6.42 Å². The number of nitrogens with one attached hydrogen (secondary N) is 1. The van der Waals surface area contributed by atoms with Crippen LogP contribution in [0.5, 0.6) is 0 Å². The molecule has 0 saturated heterocycles. The highest BCUT2D eigenvalue weighted by Gasteiger charge is 2.06. The van der Waals surface area contributed by atoms with E-state index in [-0.39, 0.29) is 5.97 Å². The lowest BCUT2D eigenvalue weighted by molar-refractivity contribution is -0.138. The van der Waals surface area contributed by atoms with Crippen LogP contribution in [0.15, 0.2) is 36.5 Å². The maximum Gasteiger partial charge on any atom is 0.338 e. The third kappa shape index (κ3) is 10.5. The van der Waals surface area contributed by atoms with Gasteiger partial charge in [0.2, 0.25) is 0 Å². The molecule has 0 unspecified atom stereocenters. The minimum absolute atomic E-state index is 0.309. The van der Waals surface area contributed by atoms with Crippen molar-refractivity contribution in [2.24, 2.45) is 0 Å². The van der Waals surface area contributed by atoms with Gasteiger partial charge in [-0.15, -0.1) is 0 Å². The first kappa shape index (κ1) is 18.6. The number of hydrogen-bond donors (Lipinski definition) is 1. The first-order chi connectivity index (χ1) is 9.61. The second kappa shape index (κ2) is 12.6. The van der Waals surface area contributed by atoms with Gasteiger partial charge < -0.3 is 15.0 Å². The van der Waals surface area contributed by atoms with Gasteiger partial charge in [0.25, 0.3) is 0 Å². The number of likely N-dealkylation sites (N-methyl/N-ethyl adjacent to an activating group) is 1. The minimum Gasteiger partial charge on any atom is -0.461 e. The highest BCUT2D eigenvalue weighted by Crippen LogP contribution is 2.01. The number of unbranched alkanes of at least 4 members (excludes halogenated alkanes) is 1. The molecule has 0 aliphatic carbocycles. The van der Waals surface area contributed by atoms with Gasteiger partial charge in [-0.25, -0.2) is 4.79 Å². The van der Waals surface area contributed by atoms with Crippen LogP contribution in [0.25, 0.3) is 0 Å². The smallest absolute Gasteiger partial charge is 0.338 e. The molecule has 114 valence electrons. The molecule has 1 N–H and O–H groups in total. The summed E-state index contributed by atoms with van der Waals surface area (Å²) in [6.07, 6.45) is 9.31. The lowest BCUT2D eigenvalue weighted by Gasteiger charge is -2.10.